The zero-order valence-corrected chi connectivity index (χ0v) is 10.1. The van der Waals surface area contributed by atoms with Crippen LogP contribution in [-0.2, 0) is 4.74 Å². The molecule has 0 unspecified atom stereocenters. The fourth-order valence-corrected chi connectivity index (χ4v) is 1.16. The third kappa shape index (κ3) is 3.67. The van der Waals surface area contributed by atoms with Gasteiger partial charge in [-0.2, -0.15) is 0 Å². The van der Waals surface area contributed by atoms with Crippen molar-refractivity contribution in [1.29, 1.82) is 0 Å². The summed E-state index contributed by atoms with van der Waals surface area (Å²) in [6, 6.07) is 0. The molecule has 0 amide bonds. The Hall–Kier alpha value is -1.69. The van der Waals surface area contributed by atoms with Gasteiger partial charge in [-0.05, 0) is 0 Å². The third-order valence-electron chi connectivity index (χ3n) is 2.04. The van der Waals surface area contributed by atoms with E-state index in [4.69, 9.17) is 14.6 Å². The van der Waals surface area contributed by atoms with E-state index in [1.807, 2.05) is 13.8 Å². The summed E-state index contributed by atoms with van der Waals surface area (Å²) < 4.78 is 10.1. The van der Waals surface area contributed by atoms with Gasteiger partial charge < -0.3 is 14.6 Å². The van der Waals surface area contributed by atoms with E-state index in [2.05, 4.69) is 9.97 Å². The highest BCUT2D eigenvalue weighted by Crippen LogP contribution is 2.18. The van der Waals surface area contributed by atoms with Crippen LogP contribution >= 0.6 is 0 Å². The predicted octanol–water partition coefficient (Wildman–Crippen LogP) is 1.32. The molecule has 0 saturated heterocycles. The van der Waals surface area contributed by atoms with Gasteiger partial charge in [0, 0.05) is 13.0 Å². The first-order valence-corrected chi connectivity index (χ1v) is 5.28. The molecule has 0 aliphatic carbocycles. The van der Waals surface area contributed by atoms with Crippen molar-refractivity contribution in [1.82, 2.24) is 9.97 Å². The minimum Gasteiger partial charge on any atom is -0.487 e. The topological polar surface area (TPSA) is 81.5 Å². The summed E-state index contributed by atoms with van der Waals surface area (Å²) in [5.74, 6) is -0.400. The average Bonchev–Trinajstić information content (AvgIpc) is 2.29. The van der Waals surface area contributed by atoms with Crippen LogP contribution in [0.1, 0.15) is 36.1 Å². The zero-order valence-electron chi connectivity index (χ0n) is 10.1. The quantitative estimate of drug-likeness (QED) is 0.755. The predicted molar refractivity (Wildman–Crippen MR) is 60.5 cm³/mol. The van der Waals surface area contributed by atoms with Crippen LogP contribution in [0.2, 0.25) is 0 Å². The Bertz CT molecular complexity index is 393. The van der Waals surface area contributed by atoms with Crippen molar-refractivity contribution in [2.75, 3.05) is 20.3 Å². The molecule has 1 N–H and O–H groups in total. The number of methoxy groups -OCH3 is 1. The number of aromatic nitrogens is 2. The molecule has 0 spiro atoms. The first-order valence-electron chi connectivity index (χ1n) is 5.28. The first kappa shape index (κ1) is 13.4. The summed E-state index contributed by atoms with van der Waals surface area (Å²) in [6.45, 7) is 4.44. The highest BCUT2D eigenvalue weighted by molar-refractivity contribution is 5.88. The highest BCUT2D eigenvalue weighted by Gasteiger charge is 2.16. The SMILES string of the molecule is COCCOc1cnc(C(C)C)nc1C(=O)O. The summed E-state index contributed by atoms with van der Waals surface area (Å²) in [6.07, 6.45) is 1.39. The van der Waals surface area contributed by atoms with E-state index in [1.165, 1.54) is 6.20 Å². The molecule has 0 bridgehead atoms. The Balaban J connectivity index is 2.92. The van der Waals surface area contributed by atoms with Gasteiger partial charge in [-0.1, -0.05) is 13.8 Å². The first-order chi connectivity index (χ1) is 8.06. The molecule has 1 aromatic heterocycles. The van der Waals surface area contributed by atoms with E-state index < -0.39 is 5.97 Å². The van der Waals surface area contributed by atoms with Crippen molar-refractivity contribution in [3.8, 4) is 5.75 Å². The van der Waals surface area contributed by atoms with Crippen molar-refractivity contribution >= 4 is 5.97 Å². The monoisotopic (exact) mass is 240 g/mol. The lowest BCUT2D eigenvalue weighted by Gasteiger charge is -2.10. The van der Waals surface area contributed by atoms with Crippen LogP contribution in [0.15, 0.2) is 6.20 Å². The Kier molecular flexibility index (Phi) is 4.84. The van der Waals surface area contributed by atoms with Crippen molar-refractivity contribution in [2.24, 2.45) is 0 Å². The second-order valence-corrected chi connectivity index (χ2v) is 3.74. The Labute approximate surface area is 99.6 Å². The van der Waals surface area contributed by atoms with E-state index in [0.29, 0.717) is 12.4 Å². The van der Waals surface area contributed by atoms with Crippen LogP contribution in [0, 0.1) is 0 Å². The molecular formula is C11H16N2O4. The van der Waals surface area contributed by atoms with Crippen LogP contribution in [0.5, 0.6) is 5.75 Å². The molecule has 6 heteroatoms. The van der Waals surface area contributed by atoms with Crippen LogP contribution in [0.3, 0.4) is 0 Å². The molecule has 0 aliphatic heterocycles. The molecule has 0 saturated carbocycles. The summed E-state index contributed by atoms with van der Waals surface area (Å²) in [5.41, 5.74) is -0.111. The zero-order chi connectivity index (χ0) is 12.8. The molecular weight excluding hydrogens is 224 g/mol. The lowest BCUT2D eigenvalue weighted by molar-refractivity contribution is 0.0681. The Morgan fingerprint density at radius 3 is 2.71 bits per heavy atom. The molecule has 1 aromatic rings. The van der Waals surface area contributed by atoms with E-state index in [-0.39, 0.29) is 24.0 Å². The molecule has 17 heavy (non-hydrogen) atoms. The lowest BCUT2D eigenvalue weighted by atomic mass is 10.2. The van der Waals surface area contributed by atoms with E-state index in [9.17, 15) is 4.79 Å². The van der Waals surface area contributed by atoms with Gasteiger partial charge in [0.25, 0.3) is 0 Å². The van der Waals surface area contributed by atoms with Gasteiger partial charge in [0.05, 0.1) is 12.8 Å². The largest absolute Gasteiger partial charge is 0.487 e. The van der Waals surface area contributed by atoms with Gasteiger partial charge in [-0.15, -0.1) is 0 Å². The van der Waals surface area contributed by atoms with Gasteiger partial charge in [-0.3, -0.25) is 0 Å². The maximum Gasteiger partial charge on any atom is 0.358 e. The highest BCUT2D eigenvalue weighted by atomic mass is 16.5. The van der Waals surface area contributed by atoms with Gasteiger partial charge >= 0.3 is 5.97 Å². The van der Waals surface area contributed by atoms with E-state index in [1.54, 1.807) is 7.11 Å². The van der Waals surface area contributed by atoms with Gasteiger partial charge in [-0.25, -0.2) is 14.8 Å². The van der Waals surface area contributed by atoms with Crippen molar-refractivity contribution in [2.45, 2.75) is 19.8 Å². The van der Waals surface area contributed by atoms with Crippen molar-refractivity contribution in [3.63, 3.8) is 0 Å². The summed E-state index contributed by atoms with van der Waals surface area (Å²) in [4.78, 5) is 19.1. The minimum absolute atomic E-state index is 0.0705. The third-order valence-corrected chi connectivity index (χ3v) is 2.04. The Morgan fingerprint density at radius 2 is 2.18 bits per heavy atom. The number of hydrogen-bond acceptors (Lipinski definition) is 5. The number of carboxylic acid groups (broad SMARTS) is 1. The van der Waals surface area contributed by atoms with Crippen molar-refractivity contribution < 1.29 is 19.4 Å². The number of ether oxygens (including phenoxy) is 2. The Morgan fingerprint density at radius 1 is 1.47 bits per heavy atom. The smallest absolute Gasteiger partial charge is 0.358 e. The lowest BCUT2D eigenvalue weighted by Crippen LogP contribution is -2.12. The number of hydrogen-bond donors (Lipinski definition) is 1. The molecule has 0 fully saturated rings. The fourth-order valence-electron chi connectivity index (χ4n) is 1.16. The number of aromatic carboxylic acids is 1. The molecule has 1 rings (SSSR count). The molecule has 1 heterocycles. The van der Waals surface area contributed by atoms with Crippen molar-refractivity contribution in [3.05, 3.63) is 17.7 Å². The number of nitrogens with zero attached hydrogens (tertiary/aromatic N) is 2. The van der Waals surface area contributed by atoms with Gasteiger partial charge in [0.1, 0.15) is 12.4 Å². The van der Waals surface area contributed by atoms with Gasteiger partial charge in [0.15, 0.2) is 11.4 Å². The molecule has 0 aromatic carbocycles. The van der Waals surface area contributed by atoms with Crippen LogP contribution in [0.4, 0.5) is 0 Å². The van der Waals surface area contributed by atoms with E-state index >= 15 is 0 Å². The molecule has 0 radical (unpaired) electrons. The molecule has 0 atom stereocenters. The second-order valence-electron chi connectivity index (χ2n) is 3.74. The number of carbonyl (C=O) groups is 1. The number of carboxylic acids is 1. The minimum atomic E-state index is -1.12. The van der Waals surface area contributed by atoms with Crippen LogP contribution < -0.4 is 4.74 Å². The maximum atomic E-state index is 11.0. The van der Waals surface area contributed by atoms with E-state index in [0.717, 1.165) is 0 Å². The normalized spacial score (nSPS) is 10.6. The molecule has 94 valence electrons. The molecule has 6 nitrogen and oxygen atoms in total. The number of rotatable bonds is 6. The van der Waals surface area contributed by atoms with Gasteiger partial charge in [0.2, 0.25) is 0 Å². The summed E-state index contributed by atoms with van der Waals surface area (Å²) in [5, 5.41) is 9.03. The van der Waals surface area contributed by atoms with Crippen LogP contribution in [-0.4, -0.2) is 41.4 Å². The van der Waals surface area contributed by atoms with Crippen LogP contribution in [0.25, 0.3) is 0 Å². The second kappa shape index (κ2) is 6.15. The standard InChI is InChI=1S/C11H16N2O4/c1-7(2)10-12-6-8(17-5-4-16-3)9(13-10)11(14)15/h6-7H,4-5H2,1-3H3,(H,14,15). The summed E-state index contributed by atoms with van der Waals surface area (Å²) >= 11 is 0. The maximum absolute atomic E-state index is 11.0. The molecule has 0 aliphatic rings. The summed E-state index contributed by atoms with van der Waals surface area (Å²) in [7, 11) is 1.54. The fraction of sp³-hybridized carbons (Fsp3) is 0.545. The average molecular weight is 240 g/mol.